The number of likely N-dealkylation sites (N-methyl/N-ethyl adjacent to an activating group) is 1. The van der Waals surface area contributed by atoms with Crippen LogP contribution < -0.4 is 11.1 Å². The van der Waals surface area contributed by atoms with Crippen LogP contribution in [0.5, 0.6) is 0 Å². The summed E-state index contributed by atoms with van der Waals surface area (Å²) in [5.41, 5.74) is 5.27. The van der Waals surface area contributed by atoms with Gasteiger partial charge in [-0.25, -0.2) is 0 Å². The van der Waals surface area contributed by atoms with Gasteiger partial charge in [0.25, 0.3) is 0 Å². The van der Waals surface area contributed by atoms with Crippen LogP contribution in [-0.4, -0.2) is 43.0 Å². The van der Waals surface area contributed by atoms with Gasteiger partial charge in [-0.3, -0.25) is 4.79 Å². The summed E-state index contributed by atoms with van der Waals surface area (Å²) in [4.78, 5) is 13.3. The van der Waals surface area contributed by atoms with Gasteiger partial charge in [0.1, 0.15) is 0 Å². The monoisotopic (exact) mass is 185 g/mol. The number of nitrogens with one attached hydrogen (secondary N) is 1. The maximum atomic E-state index is 11.0. The summed E-state index contributed by atoms with van der Waals surface area (Å²) in [6.45, 7) is 5.76. The molecular weight excluding hydrogens is 166 g/mol. The molecule has 3 N–H and O–H groups in total. The van der Waals surface area contributed by atoms with Crippen LogP contribution in [0.2, 0.25) is 0 Å². The van der Waals surface area contributed by atoms with E-state index in [1.807, 2.05) is 6.92 Å². The Morgan fingerprint density at radius 1 is 1.54 bits per heavy atom. The maximum absolute atomic E-state index is 11.0. The van der Waals surface area contributed by atoms with Crippen LogP contribution in [-0.2, 0) is 4.79 Å². The highest BCUT2D eigenvalue weighted by molar-refractivity contribution is 5.80. The summed E-state index contributed by atoms with van der Waals surface area (Å²) in [7, 11) is 0. The van der Waals surface area contributed by atoms with Gasteiger partial charge in [0.05, 0.1) is 6.04 Å². The van der Waals surface area contributed by atoms with Gasteiger partial charge in [-0.1, -0.05) is 6.92 Å². The third-order valence-electron chi connectivity index (χ3n) is 2.43. The Bertz CT molecular complexity index is 166. The standard InChI is InChI=1S/C9H19N3O/c1-2-11-8(9(10)13)7-12-5-3-4-6-12/h8,11H,2-7H2,1H3,(H2,10,13). The number of primary amides is 1. The number of nitrogens with zero attached hydrogens (tertiary/aromatic N) is 1. The van der Waals surface area contributed by atoms with Gasteiger partial charge in [-0.05, 0) is 32.5 Å². The van der Waals surface area contributed by atoms with E-state index in [1.54, 1.807) is 0 Å². The molecule has 0 radical (unpaired) electrons. The minimum absolute atomic E-state index is 0.178. The van der Waals surface area contributed by atoms with Crippen molar-refractivity contribution in [3.63, 3.8) is 0 Å². The second-order valence-corrected chi connectivity index (χ2v) is 3.52. The Labute approximate surface area is 79.5 Å². The molecule has 1 aliphatic heterocycles. The fraction of sp³-hybridized carbons (Fsp3) is 0.889. The van der Waals surface area contributed by atoms with Crippen LogP contribution in [0.4, 0.5) is 0 Å². The lowest BCUT2D eigenvalue weighted by Crippen LogP contribution is -2.48. The fourth-order valence-corrected chi connectivity index (χ4v) is 1.72. The molecule has 0 aromatic rings. The summed E-state index contributed by atoms with van der Waals surface area (Å²) in [6, 6.07) is -0.178. The van der Waals surface area contributed by atoms with Gasteiger partial charge in [-0.15, -0.1) is 0 Å². The normalized spacial score (nSPS) is 20.4. The smallest absolute Gasteiger partial charge is 0.235 e. The zero-order chi connectivity index (χ0) is 9.68. The molecule has 0 aromatic heterocycles. The van der Waals surface area contributed by atoms with Crippen molar-refractivity contribution in [2.75, 3.05) is 26.2 Å². The first-order valence-corrected chi connectivity index (χ1v) is 4.99. The lowest BCUT2D eigenvalue weighted by atomic mass is 10.2. The van der Waals surface area contributed by atoms with Crippen LogP contribution in [0.25, 0.3) is 0 Å². The molecule has 1 rings (SSSR count). The van der Waals surface area contributed by atoms with Crippen LogP contribution >= 0.6 is 0 Å². The lowest BCUT2D eigenvalue weighted by Gasteiger charge is -2.21. The summed E-state index contributed by atoms with van der Waals surface area (Å²) in [6.07, 6.45) is 2.50. The van der Waals surface area contributed by atoms with Crippen LogP contribution in [0.1, 0.15) is 19.8 Å². The van der Waals surface area contributed by atoms with Crippen molar-refractivity contribution >= 4 is 5.91 Å². The summed E-state index contributed by atoms with van der Waals surface area (Å²) < 4.78 is 0. The average molecular weight is 185 g/mol. The predicted molar refractivity (Wildman–Crippen MR) is 52.3 cm³/mol. The SMILES string of the molecule is CCNC(CN1CCCC1)C(N)=O. The molecule has 0 bridgehead atoms. The molecule has 76 valence electrons. The van der Waals surface area contributed by atoms with E-state index in [0.29, 0.717) is 0 Å². The van der Waals surface area contributed by atoms with Crippen molar-refractivity contribution in [3.05, 3.63) is 0 Å². The molecule has 4 nitrogen and oxygen atoms in total. The largest absolute Gasteiger partial charge is 0.368 e. The predicted octanol–water partition coefficient (Wildman–Crippen LogP) is -0.454. The van der Waals surface area contributed by atoms with E-state index in [-0.39, 0.29) is 11.9 Å². The van der Waals surface area contributed by atoms with Crippen LogP contribution in [0, 0.1) is 0 Å². The first-order valence-electron chi connectivity index (χ1n) is 4.99. The fourth-order valence-electron chi connectivity index (χ4n) is 1.72. The first-order chi connectivity index (χ1) is 6.24. The van der Waals surface area contributed by atoms with Crippen molar-refractivity contribution in [1.82, 2.24) is 10.2 Å². The zero-order valence-electron chi connectivity index (χ0n) is 8.25. The highest BCUT2D eigenvalue weighted by Gasteiger charge is 2.20. The molecule has 0 spiro atoms. The van der Waals surface area contributed by atoms with Gasteiger partial charge in [-0.2, -0.15) is 0 Å². The number of carbonyl (C=O) groups excluding carboxylic acids is 1. The Kier molecular flexibility index (Phi) is 4.18. The lowest BCUT2D eigenvalue weighted by molar-refractivity contribution is -0.120. The van der Waals surface area contributed by atoms with E-state index >= 15 is 0 Å². The van der Waals surface area contributed by atoms with Crippen molar-refractivity contribution < 1.29 is 4.79 Å². The quantitative estimate of drug-likeness (QED) is 0.609. The number of likely N-dealkylation sites (tertiary alicyclic amines) is 1. The Morgan fingerprint density at radius 2 is 2.15 bits per heavy atom. The molecule has 1 amide bonds. The third kappa shape index (κ3) is 3.32. The van der Waals surface area contributed by atoms with Gasteiger partial charge in [0.15, 0.2) is 0 Å². The minimum Gasteiger partial charge on any atom is -0.368 e. The third-order valence-corrected chi connectivity index (χ3v) is 2.43. The summed E-state index contributed by atoms with van der Waals surface area (Å²) in [5.74, 6) is -0.242. The Balaban J connectivity index is 2.32. The molecule has 0 aromatic carbocycles. The summed E-state index contributed by atoms with van der Waals surface area (Å²) in [5, 5.41) is 3.09. The number of rotatable bonds is 5. The molecule has 13 heavy (non-hydrogen) atoms. The Morgan fingerprint density at radius 3 is 2.62 bits per heavy atom. The molecule has 1 atom stereocenters. The van der Waals surface area contributed by atoms with E-state index < -0.39 is 0 Å². The van der Waals surface area contributed by atoms with Gasteiger partial charge in [0.2, 0.25) is 5.91 Å². The molecular formula is C9H19N3O. The second kappa shape index (κ2) is 5.19. The van der Waals surface area contributed by atoms with Gasteiger partial charge < -0.3 is 16.0 Å². The number of amides is 1. The van der Waals surface area contributed by atoms with E-state index in [2.05, 4.69) is 10.2 Å². The molecule has 1 unspecified atom stereocenters. The highest BCUT2D eigenvalue weighted by atomic mass is 16.1. The van der Waals surface area contributed by atoms with Crippen molar-refractivity contribution in [2.24, 2.45) is 5.73 Å². The zero-order valence-corrected chi connectivity index (χ0v) is 8.25. The van der Waals surface area contributed by atoms with Gasteiger partial charge in [0, 0.05) is 6.54 Å². The molecule has 1 aliphatic rings. The van der Waals surface area contributed by atoms with Crippen LogP contribution in [0.15, 0.2) is 0 Å². The number of hydrogen-bond donors (Lipinski definition) is 2. The minimum atomic E-state index is -0.242. The van der Waals surface area contributed by atoms with E-state index in [0.717, 1.165) is 26.2 Å². The molecule has 1 saturated heterocycles. The number of carbonyl (C=O) groups is 1. The van der Waals surface area contributed by atoms with Crippen LogP contribution in [0.3, 0.4) is 0 Å². The van der Waals surface area contributed by atoms with E-state index in [9.17, 15) is 4.79 Å². The highest BCUT2D eigenvalue weighted by Crippen LogP contribution is 2.07. The summed E-state index contributed by atoms with van der Waals surface area (Å²) >= 11 is 0. The van der Waals surface area contributed by atoms with Crippen molar-refractivity contribution in [3.8, 4) is 0 Å². The molecule has 0 saturated carbocycles. The second-order valence-electron chi connectivity index (χ2n) is 3.52. The number of nitrogens with two attached hydrogens (primary N) is 1. The molecule has 1 heterocycles. The molecule has 0 aliphatic carbocycles. The average Bonchev–Trinajstić information content (AvgIpc) is 2.56. The maximum Gasteiger partial charge on any atom is 0.235 e. The topological polar surface area (TPSA) is 58.4 Å². The van der Waals surface area contributed by atoms with Crippen molar-refractivity contribution in [2.45, 2.75) is 25.8 Å². The van der Waals surface area contributed by atoms with E-state index in [4.69, 9.17) is 5.73 Å². The number of hydrogen-bond acceptors (Lipinski definition) is 3. The van der Waals surface area contributed by atoms with Gasteiger partial charge >= 0.3 is 0 Å². The molecule has 1 fully saturated rings. The van der Waals surface area contributed by atoms with E-state index in [1.165, 1.54) is 12.8 Å². The Hall–Kier alpha value is -0.610. The molecule has 4 heteroatoms. The van der Waals surface area contributed by atoms with Crippen molar-refractivity contribution in [1.29, 1.82) is 0 Å². The first kappa shape index (κ1) is 10.5.